The Hall–Kier alpha value is -2.38. The van der Waals surface area contributed by atoms with Crippen molar-refractivity contribution in [2.24, 2.45) is 0 Å². The molecule has 0 spiro atoms. The number of carbonyl (C=O) groups is 1. The lowest BCUT2D eigenvalue weighted by atomic mass is 9.96. The minimum atomic E-state index is -0.270. The highest BCUT2D eigenvalue weighted by Gasteiger charge is 2.17. The summed E-state index contributed by atoms with van der Waals surface area (Å²) >= 11 is 8.14. The summed E-state index contributed by atoms with van der Waals surface area (Å²) in [5.74, 6) is 0.754. The number of hydrogen-bond acceptors (Lipinski definition) is 6. The average Bonchev–Trinajstić information content (AvgIpc) is 3.14. The number of anilines is 1. The van der Waals surface area contributed by atoms with Gasteiger partial charge >= 0.3 is 0 Å². The van der Waals surface area contributed by atoms with Gasteiger partial charge in [0, 0.05) is 25.4 Å². The number of fused-ring (bicyclic) bond motifs is 1. The van der Waals surface area contributed by atoms with Crippen molar-refractivity contribution in [3.05, 3.63) is 41.2 Å². The molecule has 146 valence electrons. The number of benzene rings is 1. The summed E-state index contributed by atoms with van der Waals surface area (Å²) < 4.78 is 6.81. The monoisotopic (exact) mass is 416 g/mol. The third-order valence-electron chi connectivity index (χ3n) is 4.81. The lowest BCUT2D eigenvalue weighted by Crippen LogP contribution is -2.21. The Balaban J connectivity index is 1.56. The van der Waals surface area contributed by atoms with Gasteiger partial charge in [-0.15, -0.1) is 0 Å². The summed E-state index contributed by atoms with van der Waals surface area (Å²) in [4.78, 5) is 20.5. The van der Waals surface area contributed by atoms with Gasteiger partial charge in [-0.1, -0.05) is 42.2 Å². The van der Waals surface area contributed by atoms with Crippen molar-refractivity contribution >= 4 is 44.2 Å². The summed E-state index contributed by atoms with van der Waals surface area (Å²) in [7, 11) is 1.56. The molecule has 28 heavy (non-hydrogen) atoms. The molecule has 3 aromatic rings. The normalized spacial score (nSPS) is 14.8. The SMILES string of the molecule is CNC(=O)c1cc(Oc2ccc3nc(NC4CCCCC4)sc3c2Cl)ccn1. The number of aromatic nitrogens is 2. The Morgan fingerprint density at radius 1 is 1.25 bits per heavy atom. The van der Waals surface area contributed by atoms with Crippen LogP contribution in [0.2, 0.25) is 5.02 Å². The van der Waals surface area contributed by atoms with Gasteiger partial charge in [-0.25, -0.2) is 4.98 Å². The van der Waals surface area contributed by atoms with E-state index in [9.17, 15) is 4.79 Å². The van der Waals surface area contributed by atoms with Crippen LogP contribution in [0.4, 0.5) is 5.13 Å². The summed E-state index contributed by atoms with van der Waals surface area (Å²) in [5, 5.41) is 7.51. The summed E-state index contributed by atoms with van der Waals surface area (Å²) in [5.41, 5.74) is 1.13. The fourth-order valence-electron chi connectivity index (χ4n) is 3.36. The zero-order valence-corrected chi connectivity index (χ0v) is 17.1. The van der Waals surface area contributed by atoms with Crippen molar-refractivity contribution in [1.29, 1.82) is 0 Å². The number of ether oxygens (including phenoxy) is 1. The molecule has 2 heterocycles. The number of pyridine rings is 1. The van der Waals surface area contributed by atoms with Gasteiger partial charge in [0.05, 0.1) is 10.2 Å². The fourth-order valence-corrected chi connectivity index (χ4v) is 4.64. The van der Waals surface area contributed by atoms with Crippen LogP contribution in [-0.2, 0) is 0 Å². The summed E-state index contributed by atoms with van der Waals surface area (Å²) in [6.45, 7) is 0. The molecule has 6 nitrogen and oxygen atoms in total. The molecule has 8 heteroatoms. The second-order valence-corrected chi connectivity index (χ2v) is 8.16. The van der Waals surface area contributed by atoms with Crippen LogP contribution in [0.15, 0.2) is 30.5 Å². The van der Waals surface area contributed by atoms with Crippen molar-refractivity contribution in [1.82, 2.24) is 15.3 Å². The minimum Gasteiger partial charge on any atom is -0.456 e. The zero-order chi connectivity index (χ0) is 19.5. The van der Waals surface area contributed by atoms with Crippen LogP contribution in [0.1, 0.15) is 42.6 Å². The Labute approximate surface area is 172 Å². The van der Waals surface area contributed by atoms with E-state index in [1.807, 2.05) is 6.07 Å². The molecule has 2 N–H and O–H groups in total. The van der Waals surface area contributed by atoms with Crippen molar-refractivity contribution in [2.45, 2.75) is 38.1 Å². The molecule has 1 aromatic carbocycles. The molecular formula is C20H21ClN4O2S. The molecule has 0 atom stereocenters. The van der Waals surface area contributed by atoms with Gasteiger partial charge in [0.2, 0.25) is 0 Å². The second kappa shape index (κ2) is 8.32. The van der Waals surface area contributed by atoms with Crippen LogP contribution in [0.25, 0.3) is 10.2 Å². The molecule has 1 aliphatic rings. The van der Waals surface area contributed by atoms with E-state index in [1.54, 1.807) is 36.6 Å². The minimum absolute atomic E-state index is 0.270. The molecule has 1 amide bonds. The predicted molar refractivity (Wildman–Crippen MR) is 113 cm³/mol. The van der Waals surface area contributed by atoms with E-state index < -0.39 is 0 Å². The number of rotatable bonds is 5. The van der Waals surface area contributed by atoms with Crippen LogP contribution in [0.3, 0.4) is 0 Å². The molecule has 1 aliphatic carbocycles. The molecule has 2 aromatic heterocycles. The van der Waals surface area contributed by atoms with Crippen molar-refractivity contribution in [2.75, 3.05) is 12.4 Å². The molecule has 0 bridgehead atoms. The van der Waals surface area contributed by atoms with E-state index in [2.05, 4.69) is 20.6 Å². The van der Waals surface area contributed by atoms with Crippen LogP contribution in [-0.4, -0.2) is 29.0 Å². The topological polar surface area (TPSA) is 76.1 Å². The Bertz CT molecular complexity index is 1000. The highest BCUT2D eigenvalue weighted by molar-refractivity contribution is 7.22. The Morgan fingerprint density at radius 3 is 2.86 bits per heavy atom. The zero-order valence-electron chi connectivity index (χ0n) is 15.5. The maximum Gasteiger partial charge on any atom is 0.269 e. The molecule has 0 radical (unpaired) electrons. The van der Waals surface area contributed by atoms with Gasteiger partial charge in [0.1, 0.15) is 22.2 Å². The van der Waals surface area contributed by atoms with Gasteiger partial charge in [-0.3, -0.25) is 9.78 Å². The van der Waals surface area contributed by atoms with Crippen LogP contribution < -0.4 is 15.4 Å². The first-order valence-electron chi connectivity index (χ1n) is 9.35. The van der Waals surface area contributed by atoms with E-state index in [4.69, 9.17) is 16.3 Å². The molecule has 1 saturated carbocycles. The smallest absolute Gasteiger partial charge is 0.269 e. The molecule has 0 saturated heterocycles. The van der Waals surface area contributed by atoms with E-state index in [0.29, 0.717) is 22.6 Å². The largest absolute Gasteiger partial charge is 0.456 e. The van der Waals surface area contributed by atoms with Gasteiger partial charge in [-0.05, 0) is 31.0 Å². The van der Waals surface area contributed by atoms with Crippen molar-refractivity contribution in [3.63, 3.8) is 0 Å². The average molecular weight is 417 g/mol. The maximum atomic E-state index is 11.8. The first kappa shape index (κ1) is 19.0. The van der Waals surface area contributed by atoms with Gasteiger partial charge < -0.3 is 15.4 Å². The molecule has 1 fully saturated rings. The number of amides is 1. The molecular weight excluding hydrogens is 396 g/mol. The second-order valence-electron chi connectivity index (χ2n) is 6.78. The molecule has 4 rings (SSSR count). The highest BCUT2D eigenvalue weighted by atomic mass is 35.5. The van der Waals surface area contributed by atoms with E-state index in [1.165, 1.54) is 38.3 Å². The quantitative estimate of drug-likeness (QED) is 0.594. The first-order valence-corrected chi connectivity index (χ1v) is 10.5. The van der Waals surface area contributed by atoms with E-state index >= 15 is 0 Å². The summed E-state index contributed by atoms with van der Waals surface area (Å²) in [6.07, 6.45) is 7.77. The van der Waals surface area contributed by atoms with E-state index in [0.717, 1.165) is 15.3 Å². The molecule has 0 unspecified atom stereocenters. The Morgan fingerprint density at radius 2 is 2.07 bits per heavy atom. The lowest BCUT2D eigenvalue weighted by molar-refractivity contribution is 0.0958. The van der Waals surface area contributed by atoms with Crippen molar-refractivity contribution < 1.29 is 9.53 Å². The number of nitrogens with zero attached hydrogens (tertiary/aromatic N) is 2. The number of nitrogens with one attached hydrogen (secondary N) is 2. The fraction of sp³-hybridized carbons (Fsp3) is 0.350. The van der Waals surface area contributed by atoms with Crippen LogP contribution in [0, 0.1) is 0 Å². The lowest BCUT2D eigenvalue weighted by Gasteiger charge is -2.22. The Kier molecular flexibility index (Phi) is 5.64. The third-order valence-corrected chi connectivity index (χ3v) is 6.32. The standard InChI is InChI=1S/C20H21ClN4O2S/c1-22-19(26)15-11-13(9-10-23-15)27-16-8-7-14-18(17(16)21)28-20(25-14)24-12-5-3-2-4-6-12/h7-12H,2-6H2,1H3,(H,22,26)(H,24,25). The van der Waals surface area contributed by atoms with Gasteiger partial charge in [0.15, 0.2) is 5.13 Å². The van der Waals surface area contributed by atoms with Crippen LogP contribution in [0.5, 0.6) is 11.5 Å². The van der Waals surface area contributed by atoms with E-state index in [-0.39, 0.29) is 11.6 Å². The predicted octanol–water partition coefficient (Wildman–Crippen LogP) is 5.24. The van der Waals surface area contributed by atoms with Crippen LogP contribution >= 0.6 is 22.9 Å². The van der Waals surface area contributed by atoms with Gasteiger partial charge in [0.25, 0.3) is 5.91 Å². The third kappa shape index (κ3) is 4.05. The first-order chi connectivity index (χ1) is 13.6. The van der Waals surface area contributed by atoms with Gasteiger partial charge in [-0.2, -0.15) is 0 Å². The number of hydrogen-bond donors (Lipinski definition) is 2. The number of halogens is 1. The highest BCUT2D eigenvalue weighted by Crippen LogP contribution is 2.40. The number of carbonyl (C=O) groups excluding carboxylic acids is 1. The maximum absolute atomic E-state index is 11.8. The number of thiazole rings is 1. The molecule has 0 aliphatic heterocycles. The summed E-state index contributed by atoms with van der Waals surface area (Å²) in [6, 6.07) is 7.47. The van der Waals surface area contributed by atoms with Crippen molar-refractivity contribution in [3.8, 4) is 11.5 Å².